The number of nitrogens with one attached hydrogen (secondary N) is 1. The predicted molar refractivity (Wildman–Crippen MR) is 78.1 cm³/mol. The first-order valence-electron chi connectivity index (χ1n) is 6.78. The summed E-state index contributed by atoms with van der Waals surface area (Å²) >= 11 is 11.4. The predicted octanol–water partition coefficient (Wildman–Crippen LogP) is 2.39. The van der Waals surface area contributed by atoms with Crippen molar-refractivity contribution in [2.45, 2.75) is 51.1 Å². The van der Waals surface area contributed by atoms with Crippen LogP contribution >= 0.6 is 23.2 Å². The Morgan fingerprint density at radius 2 is 1.95 bits per heavy atom. The van der Waals surface area contributed by atoms with Crippen LogP contribution in [0.15, 0.2) is 11.0 Å². The molecule has 7 heteroatoms. The highest BCUT2D eigenvalue weighted by Gasteiger charge is 2.16. The van der Waals surface area contributed by atoms with E-state index in [1.54, 1.807) is 0 Å². The molecule has 0 atom stereocenters. The molecule has 1 heterocycles. The molecule has 0 aliphatic heterocycles. The number of amides is 1. The largest absolute Gasteiger partial charge is 0.352 e. The molecular weight excluding hydrogens is 301 g/mol. The third kappa shape index (κ3) is 3.96. The molecule has 1 amide bonds. The molecular formula is C13H17Cl2N3O2. The Balaban J connectivity index is 1.97. The van der Waals surface area contributed by atoms with Gasteiger partial charge in [0.05, 0.1) is 11.2 Å². The van der Waals surface area contributed by atoms with Gasteiger partial charge in [-0.05, 0) is 12.8 Å². The minimum absolute atomic E-state index is 0.0945. The quantitative estimate of drug-likeness (QED) is 0.870. The summed E-state index contributed by atoms with van der Waals surface area (Å²) in [7, 11) is 0. The summed E-state index contributed by atoms with van der Waals surface area (Å²) in [5.74, 6) is -0.218. The molecule has 0 spiro atoms. The monoisotopic (exact) mass is 317 g/mol. The molecule has 1 aliphatic carbocycles. The van der Waals surface area contributed by atoms with Crippen LogP contribution in [0, 0.1) is 0 Å². The molecule has 5 nitrogen and oxygen atoms in total. The number of carbonyl (C=O) groups is 1. The van der Waals surface area contributed by atoms with Crippen molar-refractivity contribution in [2.24, 2.45) is 0 Å². The first-order valence-corrected chi connectivity index (χ1v) is 7.54. The van der Waals surface area contributed by atoms with Gasteiger partial charge in [-0.1, -0.05) is 48.9 Å². The smallest absolute Gasteiger partial charge is 0.287 e. The van der Waals surface area contributed by atoms with Crippen LogP contribution in [0.2, 0.25) is 10.0 Å². The second-order valence-corrected chi connectivity index (χ2v) is 5.81. The van der Waals surface area contributed by atoms with E-state index >= 15 is 0 Å². The number of rotatable bonds is 3. The van der Waals surface area contributed by atoms with E-state index in [0.29, 0.717) is 0 Å². The van der Waals surface area contributed by atoms with Gasteiger partial charge in [-0.2, -0.15) is 5.10 Å². The Labute approximate surface area is 127 Å². The van der Waals surface area contributed by atoms with Gasteiger partial charge in [0.2, 0.25) is 5.91 Å². The maximum absolute atomic E-state index is 12.0. The lowest BCUT2D eigenvalue weighted by atomic mass is 10.1. The van der Waals surface area contributed by atoms with Crippen molar-refractivity contribution < 1.29 is 4.79 Å². The van der Waals surface area contributed by atoms with Crippen LogP contribution in [0.25, 0.3) is 0 Å². The van der Waals surface area contributed by atoms with Crippen LogP contribution in [0.1, 0.15) is 38.5 Å². The van der Waals surface area contributed by atoms with Crippen molar-refractivity contribution in [2.75, 3.05) is 0 Å². The van der Waals surface area contributed by atoms with Crippen LogP contribution < -0.4 is 10.9 Å². The molecule has 1 aromatic rings. The summed E-state index contributed by atoms with van der Waals surface area (Å²) in [4.78, 5) is 23.7. The van der Waals surface area contributed by atoms with Gasteiger partial charge in [0.15, 0.2) is 0 Å². The summed E-state index contributed by atoms with van der Waals surface area (Å²) < 4.78 is 1.03. The second-order valence-electron chi connectivity index (χ2n) is 5.03. The summed E-state index contributed by atoms with van der Waals surface area (Å²) in [5.41, 5.74) is -0.546. The zero-order valence-electron chi connectivity index (χ0n) is 11.1. The normalized spacial score (nSPS) is 16.7. The van der Waals surface area contributed by atoms with E-state index in [4.69, 9.17) is 23.2 Å². The Bertz CT molecular complexity index is 537. The third-order valence-corrected chi connectivity index (χ3v) is 4.20. The molecule has 1 fully saturated rings. The van der Waals surface area contributed by atoms with Crippen LogP contribution in [0.4, 0.5) is 0 Å². The average Bonchev–Trinajstić information content (AvgIpc) is 2.68. The van der Waals surface area contributed by atoms with Gasteiger partial charge in [-0.3, -0.25) is 9.59 Å². The van der Waals surface area contributed by atoms with Crippen LogP contribution in [-0.4, -0.2) is 21.7 Å². The van der Waals surface area contributed by atoms with Gasteiger partial charge in [0.1, 0.15) is 11.6 Å². The van der Waals surface area contributed by atoms with Crippen LogP contribution in [0.3, 0.4) is 0 Å². The van der Waals surface area contributed by atoms with Crippen LogP contribution in [-0.2, 0) is 11.3 Å². The van der Waals surface area contributed by atoms with Crippen molar-refractivity contribution in [3.63, 3.8) is 0 Å². The summed E-state index contributed by atoms with van der Waals surface area (Å²) in [6, 6.07) is 0.198. The zero-order valence-corrected chi connectivity index (χ0v) is 12.6. The Morgan fingerprint density at radius 3 is 2.60 bits per heavy atom. The maximum atomic E-state index is 12.0. The van der Waals surface area contributed by atoms with Crippen molar-refractivity contribution in [1.82, 2.24) is 15.1 Å². The first kappa shape index (κ1) is 15.3. The van der Waals surface area contributed by atoms with Crippen LogP contribution in [0.5, 0.6) is 0 Å². The molecule has 20 heavy (non-hydrogen) atoms. The van der Waals surface area contributed by atoms with Gasteiger partial charge in [0, 0.05) is 6.04 Å². The molecule has 1 saturated carbocycles. The zero-order chi connectivity index (χ0) is 14.5. The topological polar surface area (TPSA) is 64.0 Å². The number of halogens is 2. The van der Waals surface area contributed by atoms with Crippen molar-refractivity contribution in [3.8, 4) is 0 Å². The summed E-state index contributed by atoms with van der Waals surface area (Å²) in [6.45, 7) is -0.133. The van der Waals surface area contributed by atoms with E-state index in [1.807, 2.05) is 0 Å². The highest BCUT2D eigenvalue weighted by Crippen LogP contribution is 2.17. The Hall–Kier alpha value is -1.07. The second kappa shape index (κ2) is 7.09. The SMILES string of the molecule is O=C(Cn1ncc(Cl)c(Cl)c1=O)NC1CCCCCC1. The lowest BCUT2D eigenvalue weighted by Crippen LogP contribution is -2.39. The minimum Gasteiger partial charge on any atom is -0.352 e. The van der Waals surface area contributed by atoms with Crippen molar-refractivity contribution in [1.29, 1.82) is 0 Å². The van der Waals surface area contributed by atoms with Gasteiger partial charge in [-0.25, -0.2) is 4.68 Å². The standard InChI is InChI=1S/C13H17Cl2N3O2/c14-10-7-16-18(13(20)12(10)15)8-11(19)17-9-5-3-1-2-4-6-9/h7,9H,1-6,8H2,(H,17,19). The number of aromatic nitrogens is 2. The molecule has 0 unspecified atom stereocenters. The summed E-state index contributed by atoms with van der Waals surface area (Å²) in [6.07, 6.45) is 7.97. The molecule has 0 aromatic carbocycles. The van der Waals surface area contributed by atoms with Gasteiger partial charge in [-0.15, -0.1) is 0 Å². The fourth-order valence-electron chi connectivity index (χ4n) is 2.39. The molecule has 2 rings (SSSR count). The Morgan fingerprint density at radius 1 is 1.30 bits per heavy atom. The van der Waals surface area contributed by atoms with Gasteiger partial charge >= 0.3 is 0 Å². The first-order chi connectivity index (χ1) is 9.58. The maximum Gasteiger partial charge on any atom is 0.287 e. The average molecular weight is 318 g/mol. The highest BCUT2D eigenvalue weighted by molar-refractivity contribution is 6.41. The van der Waals surface area contributed by atoms with Crippen molar-refractivity contribution in [3.05, 3.63) is 26.6 Å². The van der Waals surface area contributed by atoms with E-state index in [9.17, 15) is 9.59 Å². The van der Waals surface area contributed by atoms with E-state index in [-0.39, 0.29) is 28.5 Å². The van der Waals surface area contributed by atoms with Gasteiger partial charge < -0.3 is 5.32 Å². The van der Waals surface area contributed by atoms with E-state index in [1.165, 1.54) is 19.0 Å². The van der Waals surface area contributed by atoms with E-state index in [2.05, 4.69) is 10.4 Å². The number of carbonyl (C=O) groups excluding carboxylic acids is 1. The fraction of sp³-hybridized carbons (Fsp3) is 0.615. The molecule has 0 bridgehead atoms. The van der Waals surface area contributed by atoms with E-state index < -0.39 is 5.56 Å². The lowest BCUT2D eigenvalue weighted by Gasteiger charge is -2.16. The Kier molecular flexibility index (Phi) is 5.43. The molecule has 1 N–H and O–H groups in total. The lowest BCUT2D eigenvalue weighted by molar-refractivity contribution is -0.122. The highest BCUT2D eigenvalue weighted by atomic mass is 35.5. The number of nitrogens with zero attached hydrogens (tertiary/aromatic N) is 2. The number of hydrogen-bond donors (Lipinski definition) is 1. The fourth-order valence-corrected chi connectivity index (χ4v) is 2.66. The number of hydrogen-bond acceptors (Lipinski definition) is 3. The van der Waals surface area contributed by atoms with Crippen molar-refractivity contribution >= 4 is 29.1 Å². The summed E-state index contributed by atoms with van der Waals surface area (Å²) in [5, 5.41) is 6.76. The van der Waals surface area contributed by atoms with E-state index in [0.717, 1.165) is 30.4 Å². The minimum atomic E-state index is -0.546. The molecule has 0 saturated heterocycles. The molecule has 110 valence electrons. The third-order valence-electron chi connectivity index (χ3n) is 3.46. The molecule has 0 radical (unpaired) electrons. The van der Waals surface area contributed by atoms with Gasteiger partial charge in [0.25, 0.3) is 5.56 Å². The molecule has 1 aliphatic rings. The molecule has 1 aromatic heterocycles.